The summed E-state index contributed by atoms with van der Waals surface area (Å²) in [6.45, 7) is 0. The molecule has 4 nitrogen and oxygen atoms in total. The smallest absolute Gasteiger partial charge is 0.299 e. The molecule has 2 heterocycles. The fraction of sp³-hybridized carbons (Fsp3) is 0. The van der Waals surface area contributed by atoms with Crippen molar-refractivity contribution in [2.24, 2.45) is 0 Å². The lowest BCUT2D eigenvalue weighted by atomic mass is 10.2. The van der Waals surface area contributed by atoms with E-state index in [0.717, 1.165) is 25.5 Å². The van der Waals surface area contributed by atoms with E-state index in [-0.39, 0.29) is 6.03 Å². The van der Waals surface area contributed by atoms with E-state index >= 15 is 0 Å². The Labute approximate surface area is 146 Å². The second kappa shape index (κ2) is 6.43. The molecule has 0 fully saturated rings. The van der Waals surface area contributed by atoms with Crippen LogP contribution in [-0.4, -0.2) is 11.0 Å². The maximum absolute atomic E-state index is 12.2. The van der Waals surface area contributed by atoms with Gasteiger partial charge in [-0.15, -0.1) is 11.3 Å². The second-order valence-electron chi connectivity index (χ2n) is 5.12. The number of nitrogens with zero attached hydrogens (tertiary/aromatic N) is 1. The molecule has 6 heteroatoms. The van der Waals surface area contributed by atoms with Crippen molar-refractivity contribution in [3.05, 3.63) is 66.9 Å². The van der Waals surface area contributed by atoms with Gasteiger partial charge in [-0.2, -0.15) is 0 Å². The first-order valence-electron chi connectivity index (χ1n) is 7.36. The Morgan fingerprint density at radius 3 is 2.54 bits per heavy atom. The van der Waals surface area contributed by atoms with Crippen molar-refractivity contribution in [2.45, 2.75) is 0 Å². The van der Waals surface area contributed by atoms with E-state index in [1.165, 1.54) is 11.3 Å². The van der Waals surface area contributed by atoms with Crippen LogP contribution in [-0.2, 0) is 0 Å². The molecule has 0 unspecified atom stereocenters. The number of hydrogen-bond acceptors (Lipinski definition) is 4. The van der Waals surface area contributed by atoms with E-state index in [9.17, 15) is 4.79 Å². The number of benzene rings is 2. The summed E-state index contributed by atoms with van der Waals surface area (Å²) in [7, 11) is 0. The topological polar surface area (TPSA) is 54.0 Å². The lowest BCUT2D eigenvalue weighted by Gasteiger charge is -2.01. The number of rotatable bonds is 3. The Balaban J connectivity index is 1.45. The van der Waals surface area contributed by atoms with Crippen LogP contribution in [0.5, 0.6) is 0 Å². The van der Waals surface area contributed by atoms with Gasteiger partial charge in [0.1, 0.15) is 0 Å². The average molecular weight is 351 g/mol. The zero-order chi connectivity index (χ0) is 16.4. The quantitative estimate of drug-likeness (QED) is 0.500. The molecule has 0 aliphatic carbocycles. The van der Waals surface area contributed by atoms with E-state index in [0.29, 0.717) is 5.13 Å². The minimum atomic E-state index is -0.282. The molecule has 24 heavy (non-hydrogen) atoms. The first-order chi connectivity index (χ1) is 11.8. The number of aromatic nitrogens is 1. The third-order valence-corrected chi connectivity index (χ3v) is 5.44. The Hall–Kier alpha value is -2.70. The van der Waals surface area contributed by atoms with Gasteiger partial charge in [0.2, 0.25) is 0 Å². The third kappa shape index (κ3) is 3.15. The monoisotopic (exact) mass is 351 g/mol. The predicted octanol–water partition coefficient (Wildman–Crippen LogP) is 5.67. The van der Waals surface area contributed by atoms with E-state index in [1.54, 1.807) is 17.5 Å². The molecule has 2 aromatic carbocycles. The number of thiazole rings is 1. The summed E-state index contributed by atoms with van der Waals surface area (Å²) in [5, 5.41) is 8.17. The van der Waals surface area contributed by atoms with Crippen molar-refractivity contribution < 1.29 is 4.79 Å². The number of fused-ring (bicyclic) bond motifs is 1. The highest BCUT2D eigenvalue weighted by Crippen LogP contribution is 2.31. The van der Waals surface area contributed by atoms with Crippen LogP contribution in [0.4, 0.5) is 14.9 Å². The van der Waals surface area contributed by atoms with Gasteiger partial charge in [-0.25, -0.2) is 9.78 Å². The van der Waals surface area contributed by atoms with Crippen molar-refractivity contribution in [1.29, 1.82) is 0 Å². The number of carbonyl (C=O) groups is 1. The molecule has 0 aliphatic rings. The van der Waals surface area contributed by atoms with Gasteiger partial charge < -0.3 is 0 Å². The lowest BCUT2D eigenvalue weighted by Crippen LogP contribution is -2.18. The molecule has 0 saturated heterocycles. The van der Waals surface area contributed by atoms with Crippen molar-refractivity contribution in [3.8, 4) is 10.4 Å². The van der Waals surface area contributed by atoms with Gasteiger partial charge in [0.15, 0.2) is 5.13 Å². The zero-order valence-electron chi connectivity index (χ0n) is 12.5. The molecule has 2 aromatic heterocycles. The van der Waals surface area contributed by atoms with Crippen molar-refractivity contribution in [3.63, 3.8) is 0 Å². The summed E-state index contributed by atoms with van der Waals surface area (Å²) in [5.41, 5.74) is 1.09. The van der Waals surface area contributed by atoms with Gasteiger partial charge in [0.05, 0.1) is 9.88 Å². The molecule has 0 saturated carbocycles. The summed E-state index contributed by atoms with van der Waals surface area (Å²) in [6, 6.07) is 19.7. The van der Waals surface area contributed by atoms with Gasteiger partial charge in [-0.05, 0) is 23.1 Å². The summed E-state index contributed by atoms with van der Waals surface area (Å²) in [4.78, 5) is 17.4. The van der Waals surface area contributed by atoms with Crippen LogP contribution < -0.4 is 10.6 Å². The van der Waals surface area contributed by atoms with Crippen molar-refractivity contribution >= 4 is 48.9 Å². The van der Waals surface area contributed by atoms with Crippen LogP contribution in [0.2, 0.25) is 0 Å². The number of anilines is 2. The first kappa shape index (κ1) is 14.9. The molecule has 2 N–H and O–H groups in total. The molecular formula is C18H13N3OS2. The number of nitrogens with one attached hydrogen (secondary N) is 2. The Morgan fingerprint density at radius 1 is 0.917 bits per heavy atom. The molecule has 0 aliphatic heterocycles. The molecule has 4 aromatic rings. The molecule has 0 radical (unpaired) electrons. The van der Waals surface area contributed by atoms with Gasteiger partial charge in [0, 0.05) is 10.9 Å². The SMILES string of the molecule is O=C(Nc1cc2ccccc2s1)Nc1ncc(-c2ccccc2)s1. The molecule has 0 bridgehead atoms. The van der Waals surface area contributed by atoms with Crippen LogP contribution in [0.25, 0.3) is 20.5 Å². The van der Waals surface area contributed by atoms with Gasteiger partial charge in [-0.1, -0.05) is 59.9 Å². The zero-order valence-corrected chi connectivity index (χ0v) is 14.2. The number of thiophene rings is 1. The summed E-state index contributed by atoms with van der Waals surface area (Å²) >= 11 is 3.00. The second-order valence-corrected chi connectivity index (χ2v) is 7.24. The third-order valence-electron chi connectivity index (χ3n) is 3.45. The summed E-state index contributed by atoms with van der Waals surface area (Å²) < 4.78 is 1.15. The minimum absolute atomic E-state index is 0.282. The Bertz CT molecular complexity index is 959. The minimum Gasteiger partial charge on any atom is -0.299 e. The van der Waals surface area contributed by atoms with E-state index < -0.39 is 0 Å². The maximum atomic E-state index is 12.2. The molecule has 118 valence electrons. The van der Waals surface area contributed by atoms with Crippen LogP contribution in [0.3, 0.4) is 0 Å². The van der Waals surface area contributed by atoms with E-state index in [2.05, 4.69) is 15.6 Å². The predicted molar refractivity (Wildman–Crippen MR) is 102 cm³/mol. The van der Waals surface area contributed by atoms with Gasteiger partial charge in [-0.3, -0.25) is 10.6 Å². The Kier molecular flexibility index (Phi) is 3.98. The Morgan fingerprint density at radius 2 is 1.71 bits per heavy atom. The average Bonchev–Trinajstić information content (AvgIpc) is 3.21. The molecule has 0 atom stereocenters. The fourth-order valence-corrected chi connectivity index (χ4v) is 4.13. The standard InChI is InChI=1S/C18H13N3OS2/c22-17(20-16-10-13-8-4-5-9-14(13)23-16)21-18-19-11-15(24-18)12-6-2-1-3-7-12/h1-11H,(H2,19,20,21,22). The first-order valence-corrected chi connectivity index (χ1v) is 8.99. The van der Waals surface area contributed by atoms with Crippen LogP contribution >= 0.6 is 22.7 Å². The lowest BCUT2D eigenvalue weighted by molar-refractivity contribution is 0.262. The van der Waals surface area contributed by atoms with Crippen molar-refractivity contribution in [2.75, 3.05) is 10.6 Å². The van der Waals surface area contributed by atoms with E-state index in [4.69, 9.17) is 0 Å². The number of carbonyl (C=O) groups excluding carboxylic acids is 1. The van der Waals surface area contributed by atoms with Crippen molar-refractivity contribution in [1.82, 2.24) is 4.98 Å². The van der Waals surface area contributed by atoms with Gasteiger partial charge >= 0.3 is 6.03 Å². The molecule has 2 amide bonds. The summed E-state index contributed by atoms with van der Waals surface area (Å²) in [6.07, 6.45) is 1.77. The van der Waals surface area contributed by atoms with E-state index in [1.807, 2.05) is 60.7 Å². The fourth-order valence-electron chi connectivity index (χ4n) is 2.35. The molecular weight excluding hydrogens is 338 g/mol. The maximum Gasteiger partial charge on any atom is 0.326 e. The largest absolute Gasteiger partial charge is 0.326 e. The molecule has 4 rings (SSSR count). The number of hydrogen-bond donors (Lipinski definition) is 2. The van der Waals surface area contributed by atoms with Crippen LogP contribution in [0, 0.1) is 0 Å². The number of amides is 2. The van der Waals surface area contributed by atoms with Gasteiger partial charge in [0.25, 0.3) is 0 Å². The highest BCUT2D eigenvalue weighted by Gasteiger charge is 2.09. The molecule has 0 spiro atoms. The highest BCUT2D eigenvalue weighted by atomic mass is 32.1. The van der Waals surface area contributed by atoms with Crippen LogP contribution in [0.1, 0.15) is 0 Å². The highest BCUT2D eigenvalue weighted by molar-refractivity contribution is 7.23. The summed E-state index contributed by atoms with van der Waals surface area (Å²) in [5.74, 6) is 0. The normalized spacial score (nSPS) is 10.7. The van der Waals surface area contributed by atoms with Crippen LogP contribution in [0.15, 0.2) is 66.9 Å². The number of urea groups is 1.